The third-order valence-corrected chi connectivity index (χ3v) is 4.30. The molecule has 7 heteroatoms. The molecule has 0 saturated heterocycles. The average Bonchev–Trinajstić information content (AvgIpc) is 2.69. The van der Waals surface area contributed by atoms with Gasteiger partial charge in [0, 0.05) is 22.2 Å². The summed E-state index contributed by atoms with van der Waals surface area (Å²) in [5.41, 5.74) is 2.57. The molecule has 0 fully saturated rings. The smallest absolute Gasteiger partial charge is 0.297 e. The van der Waals surface area contributed by atoms with Crippen molar-refractivity contribution in [2.24, 2.45) is 5.16 Å². The Kier molecular flexibility index (Phi) is 6.63. The maximum Gasteiger partial charge on any atom is 0.437 e. The van der Waals surface area contributed by atoms with E-state index in [4.69, 9.17) is 28.0 Å². The Balaban J connectivity index is 1.76. The molecule has 0 bridgehead atoms. The Morgan fingerprint density at radius 2 is 1.46 bits per heavy atom. The van der Waals surface area contributed by atoms with Gasteiger partial charge in [-0.1, -0.05) is 52.6 Å². The number of nitrogens with one attached hydrogen (secondary N) is 1. The maximum atomic E-state index is 13.1. The van der Waals surface area contributed by atoms with Crippen LogP contribution in [0.15, 0.2) is 78.0 Å². The van der Waals surface area contributed by atoms with Crippen molar-refractivity contribution in [2.45, 2.75) is 6.42 Å². The molecule has 0 saturated carbocycles. The zero-order chi connectivity index (χ0) is 19.9. The van der Waals surface area contributed by atoms with Crippen LogP contribution in [0.4, 0.5) is 14.9 Å². The summed E-state index contributed by atoms with van der Waals surface area (Å²) in [6, 6.07) is 19.6. The highest BCUT2D eigenvalue weighted by atomic mass is 35.5. The number of anilines is 1. The zero-order valence-electron chi connectivity index (χ0n) is 14.5. The SMILES string of the molecule is O=C(Nc1ccc(Cl)cc1)O/N=C(/Cc1ccc(F)cc1)c1ccc(Cl)cc1. The van der Waals surface area contributed by atoms with Crippen molar-refractivity contribution in [3.63, 3.8) is 0 Å². The lowest BCUT2D eigenvalue weighted by Gasteiger charge is -2.08. The number of oxime groups is 1. The van der Waals surface area contributed by atoms with Gasteiger partial charge in [0.25, 0.3) is 0 Å². The Morgan fingerprint density at radius 1 is 0.893 bits per heavy atom. The average molecular weight is 417 g/mol. The fourth-order valence-corrected chi connectivity index (χ4v) is 2.65. The van der Waals surface area contributed by atoms with E-state index in [1.807, 2.05) is 0 Å². The molecule has 0 radical (unpaired) electrons. The zero-order valence-corrected chi connectivity index (χ0v) is 16.0. The van der Waals surface area contributed by atoms with E-state index in [-0.39, 0.29) is 5.82 Å². The van der Waals surface area contributed by atoms with Gasteiger partial charge in [-0.3, -0.25) is 10.2 Å². The third-order valence-electron chi connectivity index (χ3n) is 3.79. The molecule has 1 amide bonds. The second-order valence-electron chi connectivity index (χ2n) is 5.86. The van der Waals surface area contributed by atoms with Gasteiger partial charge in [-0.15, -0.1) is 0 Å². The maximum absolute atomic E-state index is 13.1. The number of carbonyl (C=O) groups excluding carboxylic acids is 1. The number of benzene rings is 3. The minimum Gasteiger partial charge on any atom is -0.297 e. The number of hydrogen-bond donors (Lipinski definition) is 1. The van der Waals surface area contributed by atoms with Gasteiger partial charge in [0.1, 0.15) is 5.82 Å². The molecule has 28 heavy (non-hydrogen) atoms. The molecule has 0 aliphatic rings. The molecule has 0 aromatic heterocycles. The summed E-state index contributed by atoms with van der Waals surface area (Å²) in [5, 5.41) is 7.69. The lowest BCUT2D eigenvalue weighted by atomic mass is 10.0. The van der Waals surface area contributed by atoms with Crippen molar-refractivity contribution < 1.29 is 14.0 Å². The number of rotatable bonds is 5. The summed E-state index contributed by atoms with van der Waals surface area (Å²) >= 11 is 11.8. The van der Waals surface area contributed by atoms with Crippen LogP contribution in [0.5, 0.6) is 0 Å². The van der Waals surface area contributed by atoms with Gasteiger partial charge >= 0.3 is 6.09 Å². The van der Waals surface area contributed by atoms with E-state index in [0.717, 1.165) is 11.1 Å². The molecular weight excluding hydrogens is 402 g/mol. The molecule has 0 spiro atoms. The summed E-state index contributed by atoms with van der Waals surface area (Å²) < 4.78 is 13.1. The van der Waals surface area contributed by atoms with Gasteiger partial charge in [-0.25, -0.2) is 9.18 Å². The standard InChI is InChI=1S/C21H15Cl2FN2O2/c22-16-5-3-15(4-6-16)20(13-14-1-9-18(24)10-2-14)26-28-21(27)25-19-11-7-17(23)8-12-19/h1-12H,13H2,(H,25,27)/b26-20-. The number of carbonyl (C=O) groups is 1. The highest BCUT2D eigenvalue weighted by Gasteiger charge is 2.10. The molecule has 0 unspecified atom stereocenters. The van der Waals surface area contributed by atoms with E-state index in [2.05, 4.69) is 10.5 Å². The molecule has 0 atom stereocenters. The lowest BCUT2D eigenvalue weighted by molar-refractivity contribution is 0.166. The van der Waals surface area contributed by atoms with Crippen molar-refractivity contribution >= 4 is 40.7 Å². The first-order chi connectivity index (χ1) is 13.5. The molecule has 0 aliphatic heterocycles. The molecule has 3 rings (SSSR count). The van der Waals surface area contributed by atoms with Crippen LogP contribution in [-0.4, -0.2) is 11.8 Å². The summed E-state index contributed by atoms with van der Waals surface area (Å²) in [5.74, 6) is -0.327. The first-order valence-electron chi connectivity index (χ1n) is 8.30. The van der Waals surface area contributed by atoms with Crippen LogP contribution in [0.25, 0.3) is 0 Å². The highest BCUT2D eigenvalue weighted by Crippen LogP contribution is 2.16. The number of amides is 1. The molecule has 4 nitrogen and oxygen atoms in total. The van der Waals surface area contributed by atoms with Gasteiger partial charge in [-0.2, -0.15) is 0 Å². The summed E-state index contributed by atoms with van der Waals surface area (Å²) in [7, 11) is 0. The van der Waals surface area contributed by atoms with Gasteiger partial charge in [0.05, 0.1) is 5.71 Å². The lowest BCUT2D eigenvalue weighted by Crippen LogP contribution is -2.13. The summed E-state index contributed by atoms with van der Waals surface area (Å²) in [6.45, 7) is 0. The molecule has 142 valence electrons. The highest BCUT2D eigenvalue weighted by molar-refractivity contribution is 6.31. The van der Waals surface area contributed by atoms with Crippen LogP contribution in [0, 0.1) is 5.82 Å². The van der Waals surface area contributed by atoms with Crippen LogP contribution in [-0.2, 0) is 11.3 Å². The Hall–Kier alpha value is -2.89. The van der Waals surface area contributed by atoms with Crippen LogP contribution in [0.3, 0.4) is 0 Å². The largest absolute Gasteiger partial charge is 0.437 e. The fourth-order valence-electron chi connectivity index (χ4n) is 2.40. The normalized spacial score (nSPS) is 11.2. The number of halogens is 3. The molecule has 3 aromatic rings. The van der Waals surface area contributed by atoms with Gasteiger partial charge < -0.3 is 0 Å². The monoisotopic (exact) mass is 416 g/mol. The minimum absolute atomic E-state index is 0.327. The molecule has 0 aliphatic carbocycles. The molecular formula is C21H15Cl2FN2O2. The van der Waals surface area contributed by atoms with Gasteiger partial charge in [-0.05, 0) is 59.7 Å². The van der Waals surface area contributed by atoms with Crippen LogP contribution < -0.4 is 5.32 Å². The van der Waals surface area contributed by atoms with Crippen molar-refractivity contribution in [2.75, 3.05) is 5.32 Å². The Morgan fingerprint density at radius 3 is 2.07 bits per heavy atom. The van der Waals surface area contributed by atoms with E-state index in [9.17, 15) is 9.18 Å². The first-order valence-corrected chi connectivity index (χ1v) is 9.06. The van der Waals surface area contributed by atoms with Crippen LogP contribution >= 0.6 is 23.2 Å². The van der Waals surface area contributed by atoms with E-state index in [1.165, 1.54) is 12.1 Å². The predicted octanol–water partition coefficient (Wildman–Crippen LogP) is 6.33. The molecule has 0 heterocycles. The quantitative estimate of drug-likeness (QED) is 0.300. The minimum atomic E-state index is -0.743. The molecule has 1 N–H and O–H groups in total. The third kappa shape index (κ3) is 5.81. The van der Waals surface area contributed by atoms with Crippen molar-refractivity contribution in [1.82, 2.24) is 0 Å². The van der Waals surface area contributed by atoms with E-state index in [1.54, 1.807) is 60.7 Å². The first kappa shape index (κ1) is 19.9. The number of hydrogen-bond acceptors (Lipinski definition) is 3. The second kappa shape index (κ2) is 9.35. The second-order valence-corrected chi connectivity index (χ2v) is 6.73. The molecule has 3 aromatic carbocycles. The van der Waals surface area contributed by atoms with Crippen molar-refractivity contribution in [1.29, 1.82) is 0 Å². The summed E-state index contributed by atoms with van der Waals surface area (Å²) in [6.07, 6.45) is -0.399. The fraction of sp³-hybridized carbons (Fsp3) is 0.0476. The topological polar surface area (TPSA) is 50.7 Å². The van der Waals surface area contributed by atoms with Crippen molar-refractivity contribution in [3.8, 4) is 0 Å². The predicted molar refractivity (Wildman–Crippen MR) is 110 cm³/mol. The van der Waals surface area contributed by atoms with Crippen LogP contribution in [0.2, 0.25) is 10.0 Å². The van der Waals surface area contributed by atoms with E-state index >= 15 is 0 Å². The van der Waals surface area contributed by atoms with E-state index < -0.39 is 6.09 Å². The Bertz CT molecular complexity index is 973. The van der Waals surface area contributed by atoms with Crippen molar-refractivity contribution in [3.05, 3.63) is 99.8 Å². The number of nitrogens with zero attached hydrogens (tertiary/aromatic N) is 1. The van der Waals surface area contributed by atoms with Gasteiger partial charge in [0.15, 0.2) is 0 Å². The van der Waals surface area contributed by atoms with E-state index in [0.29, 0.717) is 27.9 Å². The summed E-state index contributed by atoms with van der Waals surface area (Å²) in [4.78, 5) is 17.1. The Labute approximate surface area is 171 Å². The van der Waals surface area contributed by atoms with Crippen LogP contribution in [0.1, 0.15) is 11.1 Å². The van der Waals surface area contributed by atoms with Gasteiger partial charge in [0.2, 0.25) is 0 Å².